The lowest BCUT2D eigenvalue weighted by molar-refractivity contribution is -0.139. The van der Waals surface area contributed by atoms with Crippen molar-refractivity contribution in [1.29, 1.82) is 0 Å². The average molecular weight is 257 g/mol. The molecule has 1 unspecified atom stereocenters. The lowest BCUT2D eigenvalue weighted by Gasteiger charge is -2.33. The van der Waals surface area contributed by atoms with Crippen LogP contribution in [0.15, 0.2) is 0 Å². The Morgan fingerprint density at radius 1 is 1.39 bits per heavy atom. The molecule has 6 nitrogen and oxygen atoms in total. The summed E-state index contributed by atoms with van der Waals surface area (Å²) in [6.07, 6.45) is 1.77. The van der Waals surface area contributed by atoms with Gasteiger partial charge >= 0.3 is 5.97 Å². The number of hydrogen-bond acceptors (Lipinski definition) is 4. The summed E-state index contributed by atoms with van der Waals surface area (Å²) >= 11 is 0. The highest BCUT2D eigenvalue weighted by Gasteiger charge is 2.23. The fraction of sp³-hybridized carbons (Fsp3) is 0.833. The van der Waals surface area contributed by atoms with Crippen molar-refractivity contribution in [3.63, 3.8) is 0 Å². The minimum atomic E-state index is -0.819. The van der Waals surface area contributed by atoms with Crippen molar-refractivity contribution in [2.75, 3.05) is 33.7 Å². The number of carbonyl (C=O) groups excluding carboxylic acids is 1. The number of carbonyl (C=O) groups is 2. The zero-order chi connectivity index (χ0) is 13.7. The number of carboxylic acid groups (broad SMARTS) is 1. The van der Waals surface area contributed by atoms with E-state index in [1.165, 1.54) is 0 Å². The number of piperidine rings is 1. The predicted molar refractivity (Wildman–Crippen MR) is 68.4 cm³/mol. The molecule has 1 heterocycles. The molecule has 0 bridgehead atoms. The Labute approximate surface area is 108 Å². The van der Waals surface area contributed by atoms with Crippen LogP contribution in [0.4, 0.5) is 0 Å². The smallest absolute Gasteiger partial charge is 0.320 e. The Morgan fingerprint density at radius 2 is 1.94 bits per heavy atom. The molecule has 1 aliphatic rings. The summed E-state index contributed by atoms with van der Waals surface area (Å²) in [5.41, 5.74) is 0. The molecular formula is C12H23N3O3. The summed E-state index contributed by atoms with van der Waals surface area (Å²) in [6, 6.07) is -0.272. The lowest BCUT2D eigenvalue weighted by Crippen LogP contribution is -2.49. The minimum absolute atomic E-state index is 0.111. The summed E-state index contributed by atoms with van der Waals surface area (Å²) in [4.78, 5) is 26.0. The molecule has 2 N–H and O–H groups in total. The number of hydrogen-bond donors (Lipinski definition) is 2. The van der Waals surface area contributed by atoms with E-state index in [1.54, 1.807) is 25.9 Å². The SMILES string of the molecule is CC(NC1CCN(CC(=O)N(C)C)CC1)C(=O)O. The summed E-state index contributed by atoms with van der Waals surface area (Å²) in [5, 5.41) is 11.9. The Kier molecular flexibility index (Phi) is 5.55. The van der Waals surface area contributed by atoms with Crippen molar-refractivity contribution in [3.8, 4) is 0 Å². The van der Waals surface area contributed by atoms with Crippen molar-refractivity contribution >= 4 is 11.9 Å². The molecule has 0 aliphatic carbocycles. The molecule has 1 atom stereocenters. The first-order valence-corrected chi connectivity index (χ1v) is 6.31. The van der Waals surface area contributed by atoms with Crippen LogP contribution in [0.3, 0.4) is 0 Å². The van der Waals surface area contributed by atoms with E-state index >= 15 is 0 Å². The van der Waals surface area contributed by atoms with Gasteiger partial charge in [-0.05, 0) is 19.8 Å². The zero-order valence-corrected chi connectivity index (χ0v) is 11.3. The normalized spacial score (nSPS) is 19.5. The van der Waals surface area contributed by atoms with Gasteiger partial charge in [0.1, 0.15) is 6.04 Å². The number of aliphatic carboxylic acids is 1. The fourth-order valence-corrected chi connectivity index (χ4v) is 2.02. The first-order valence-electron chi connectivity index (χ1n) is 6.31. The van der Waals surface area contributed by atoms with Crippen LogP contribution in [0.1, 0.15) is 19.8 Å². The number of likely N-dealkylation sites (tertiary alicyclic amines) is 1. The van der Waals surface area contributed by atoms with Crippen LogP contribution in [0.5, 0.6) is 0 Å². The second kappa shape index (κ2) is 6.70. The molecule has 1 fully saturated rings. The Morgan fingerprint density at radius 3 is 2.39 bits per heavy atom. The Hall–Kier alpha value is -1.14. The molecule has 1 aliphatic heterocycles. The van der Waals surface area contributed by atoms with Crippen molar-refractivity contribution in [2.45, 2.75) is 31.8 Å². The first kappa shape index (κ1) is 14.9. The number of likely N-dealkylation sites (N-methyl/N-ethyl adjacent to an activating group) is 1. The summed E-state index contributed by atoms with van der Waals surface area (Å²) in [6.45, 7) is 3.78. The van der Waals surface area contributed by atoms with E-state index in [4.69, 9.17) is 5.11 Å². The largest absolute Gasteiger partial charge is 0.480 e. The average Bonchev–Trinajstić information content (AvgIpc) is 2.31. The zero-order valence-electron chi connectivity index (χ0n) is 11.3. The van der Waals surface area contributed by atoms with E-state index in [-0.39, 0.29) is 11.9 Å². The lowest BCUT2D eigenvalue weighted by atomic mass is 10.0. The summed E-state index contributed by atoms with van der Waals surface area (Å²) in [7, 11) is 3.51. The van der Waals surface area contributed by atoms with Gasteiger partial charge < -0.3 is 15.3 Å². The molecule has 0 aromatic rings. The van der Waals surface area contributed by atoms with E-state index in [2.05, 4.69) is 10.2 Å². The van der Waals surface area contributed by atoms with Gasteiger partial charge in [-0.3, -0.25) is 14.5 Å². The van der Waals surface area contributed by atoms with Crippen LogP contribution in [0, 0.1) is 0 Å². The third-order valence-corrected chi connectivity index (χ3v) is 3.30. The quantitative estimate of drug-likeness (QED) is 0.701. The van der Waals surface area contributed by atoms with E-state index in [1.807, 2.05) is 0 Å². The highest BCUT2D eigenvalue weighted by molar-refractivity contribution is 5.77. The highest BCUT2D eigenvalue weighted by Crippen LogP contribution is 2.11. The highest BCUT2D eigenvalue weighted by atomic mass is 16.4. The third kappa shape index (κ3) is 4.62. The molecular weight excluding hydrogens is 234 g/mol. The maximum Gasteiger partial charge on any atom is 0.320 e. The number of carboxylic acids is 1. The van der Waals surface area contributed by atoms with Gasteiger partial charge in [0.05, 0.1) is 6.54 Å². The molecule has 1 rings (SSSR count). The van der Waals surface area contributed by atoms with Gasteiger partial charge in [0.25, 0.3) is 0 Å². The minimum Gasteiger partial charge on any atom is -0.480 e. The maximum atomic E-state index is 11.6. The molecule has 18 heavy (non-hydrogen) atoms. The third-order valence-electron chi connectivity index (χ3n) is 3.30. The van der Waals surface area contributed by atoms with E-state index in [9.17, 15) is 9.59 Å². The second-order valence-corrected chi connectivity index (χ2v) is 5.07. The summed E-state index contributed by atoms with van der Waals surface area (Å²) in [5.74, 6) is -0.708. The number of amides is 1. The van der Waals surface area contributed by atoms with Crippen molar-refractivity contribution in [1.82, 2.24) is 15.1 Å². The Balaban J connectivity index is 2.28. The van der Waals surface area contributed by atoms with Gasteiger partial charge in [-0.25, -0.2) is 0 Å². The Bertz CT molecular complexity index is 299. The van der Waals surface area contributed by atoms with Gasteiger partial charge in [0, 0.05) is 33.2 Å². The van der Waals surface area contributed by atoms with Crippen LogP contribution in [-0.2, 0) is 9.59 Å². The molecule has 0 saturated carbocycles. The second-order valence-electron chi connectivity index (χ2n) is 5.07. The summed E-state index contributed by atoms with van der Waals surface area (Å²) < 4.78 is 0. The molecule has 0 aromatic heterocycles. The molecule has 0 aromatic carbocycles. The molecule has 1 saturated heterocycles. The maximum absolute atomic E-state index is 11.6. The number of rotatable bonds is 5. The van der Waals surface area contributed by atoms with Crippen LogP contribution < -0.4 is 5.32 Å². The fourth-order valence-electron chi connectivity index (χ4n) is 2.02. The molecule has 1 amide bonds. The topological polar surface area (TPSA) is 72.9 Å². The van der Waals surface area contributed by atoms with Gasteiger partial charge in [-0.2, -0.15) is 0 Å². The predicted octanol–water partition coefficient (Wildman–Crippen LogP) is -0.398. The molecule has 6 heteroatoms. The number of nitrogens with one attached hydrogen (secondary N) is 1. The first-order chi connectivity index (χ1) is 8.40. The van der Waals surface area contributed by atoms with E-state index in [0.29, 0.717) is 6.54 Å². The van der Waals surface area contributed by atoms with E-state index < -0.39 is 12.0 Å². The molecule has 104 valence electrons. The van der Waals surface area contributed by atoms with Gasteiger partial charge in [-0.15, -0.1) is 0 Å². The van der Waals surface area contributed by atoms with Gasteiger partial charge in [0.2, 0.25) is 5.91 Å². The van der Waals surface area contributed by atoms with Crippen LogP contribution in [-0.4, -0.2) is 72.6 Å². The van der Waals surface area contributed by atoms with Crippen molar-refractivity contribution in [2.24, 2.45) is 0 Å². The van der Waals surface area contributed by atoms with Gasteiger partial charge in [0.15, 0.2) is 0 Å². The van der Waals surface area contributed by atoms with Crippen LogP contribution in [0.25, 0.3) is 0 Å². The standard InChI is InChI=1S/C12H23N3O3/c1-9(12(17)18)13-10-4-6-15(7-5-10)8-11(16)14(2)3/h9-10,13H,4-8H2,1-3H3,(H,17,18). The van der Waals surface area contributed by atoms with E-state index in [0.717, 1.165) is 25.9 Å². The molecule has 0 spiro atoms. The van der Waals surface area contributed by atoms with Crippen LogP contribution in [0.2, 0.25) is 0 Å². The van der Waals surface area contributed by atoms with Crippen molar-refractivity contribution in [3.05, 3.63) is 0 Å². The van der Waals surface area contributed by atoms with Gasteiger partial charge in [-0.1, -0.05) is 0 Å². The monoisotopic (exact) mass is 257 g/mol. The number of nitrogens with zero attached hydrogens (tertiary/aromatic N) is 2. The van der Waals surface area contributed by atoms with Crippen molar-refractivity contribution < 1.29 is 14.7 Å². The van der Waals surface area contributed by atoms with Crippen LogP contribution >= 0.6 is 0 Å². The molecule has 0 radical (unpaired) electrons.